The van der Waals surface area contributed by atoms with Crippen LogP contribution in [-0.2, 0) is 13.6 Å². The highest BCUT2D eigenvalue weighted by Gasteiger charge is 2.10. The highest BCUT2D eigenvalue weighted by Crippen LogP contribution is 2.14. The summed E-state index contributed by atoms with van der Waals surface area (Å²) in [5.74, 6) is 0.695. The minimum atomic E-state index is -0.0481. The molecule has 2 aromatic heterocycles. The monoisotopic (exact) mass is 287 g/mol. The highest BCUT2D eigenvalue weighted by atomic mass is 16.2. The van der Waals surface area contributed by atoms with E-state index in [9.17, 15) is 4.79 Å². The second-order valence-electron chi connectivity index (χ2n) is 5.26. The minimum Gasteiger partial charge on any atom is -0.366 e. The van der Waals surface area contributed by atoms with E-state index in [-0.39, 0.29) is 5.91 Å². The molecular formula is C15H21N5O. The van der Waals surface area contributed by atoms with Crippen molar-refractivity contribution in [3.05, 3.63) is 40.8 Å². The molecule has 0 bridgehead atoms. The molecule has 1 N–H and O–H groups in total. The zero-order valence-corrected chi connectivity index (χ0v) is 13.1. The zero-order chi connectivity index (χ0) is 15.6. The van der Waals surface area contributed by atoms with Gasteiger partial charge in [-0.15, -0.1) is 0 Å². The molecule has 21 heavy (non-hydrogen) atoms. The molecule has 6 nitrogen and oxygen atoms in total. The molecule has 0 aliphatic heterocycles. The predicted molar refractivity (Wildman–Crippen MR) is 82.3 cm³/mol. The largest absolute Gasteiger partial charge is 0.366 e. The van der Waals surface area contributed by atoms with Crippen LogP contribution in [0.3, 0.4) is 0 Å². The Labute approximate surface area is 124 Å². The second kappa shape index (κ2) is 5.95. The van der Waals surface area contributed by atoms with Gasteiger partial charge in [-0.05, 0) is 26.0 Å². The number of anilines is 1. The van der Waals surface area contributed by atoms with Gasteiger partial charge in [0.25, 0.3) is 5.91 Å². The Morgan fingerprint density at radius 2 is 2.05 bits per heavy atom. The molecule has 0 unspecified atom stereocenters. The number of hydrogen-bond donors (Lipinski definition) is 1. The number of carbonyl (C=O) groups excluding carboxylic acids is 1. The summed E-state index contributed by atoms with van der Waals surface area (Å²) < 4.78 is 1.87. The molecule has 0 aromatic carbocycles. The first-order valence-electron chi connectivity index (χ1n) is 6.80. The van der Waals surface area contributed by atoms with Gasteiger partial charge in [-0.2, -0.15) is 5.10 Å². The van der Waals surface area contributed by atoms with Crippen LogP contribution in [-0.4, -0.2) is 39.7 Å². The molecule has 0 saturated carbocycles. The predicted octanol–water partition coefficient (Wildman–Crippen LogP) is 1.75. The van der Waals surface area contributed by atoms with E-state index >= 15 is 0 Å². The van der Waals surface area contributed by atoms with Crippen molar-refractivity contribution in [2.75, 3.05) is 19.4 Å². The Bertz CT molecular complexity index is 643. The normalized spacial score (nSPS) is 10.5. The van der Waals surface area contributed by atoms with Crippen molar-refractivity contribution in [3.63, 3.8) is 0 Å². The van der Waals surface area contributed by atoms with Gasteiger partial charge < -0.3 is 10.2 Å². The first-order chi connectivity index (χ1) is 9.90. The Morgan fingerprint density at radius 1 is 1.33 bits per heavy atom. The van der Waals surface area contributed by atoms with Gasteiger partial charge in [0.05, 0.1) is 11.3 Å². The molecule has 0 aliphatic rings. The van der Waals surface area contributed by atoms with Crippen LogP contribution in [0.4, 0.5) is 5.82 Å². The summed E-state index contributed by atoms with van der Waals surface area (Å²) in [6.45, 7) is 4.71. The van der Waals surface area contributed by atoms with E-state index < -0.39 is 0 Å². The van der Waals surface area contributed by atoms with Crippen molar-refractivity contribution in [2.24, 2.45) is 7.05 Å². The fourth-order valence-electron chi connectivity index (χ4n) is 2.14. The van der Waals surface area contributed by atoms with Gasteiger partial charge in [-0.1, -0.05) is 0 Å². The van der Waals surface area contributed by atoms with E-state index in [1.54, 1.807) is 26.4 Å². The summed E-state index contributed by atoms with van der Waals surface area (Å²) in [6.07, 6.45) is 1.59. The summed E-state index contributed by atoms with van der Waals surface area (Å²) in [7, 11) is 5.39. The Balaban J connectivity index is 2.06. The molecule has 0 saturated heterocycles. The molecule has 0 spiro atoms. The van der Waals surface area contributed by atoms with Gasteiger partial charge in [0.2, 0.25) is 0 Å². The first kappa shape index (κ1) is 15.0. The molecule has 2 rings (SSSR count). The van der Waals surface area contributed by atoms with Crippen LogP contribution in [0.15, 0.2) is 18.3 Å². The molecule has 2 heterocycles. The van der Waals surface area contributed by atoms with Crippen molar-refractivity contribution >= 4 is 11.7 Å². The molecule has 0 aliphatic carbocycles. The van der Waals surface area contributed by atoms with Crippen LogP contribution in [0.1, 0.15) is 27.3 Å². The van der Waals surface area contributed by atoms with Crippen molar-refractivity contribution in [1.82, 2.24) is 19.7 Å². The van der Waals surface area contributed by atoms with Crippen LogP contribution in [0.5, 0.6) is 0 Å². The maximum atomic E-state index is 11.8. The van der Waals surface area contributed by atoms with Gasteiger partial charge in [0.15, 0.2) is 0 Å². The number of rotatable bonds is 4. The van der Waals surface area contributed by atoms with E-state index in [0.717, 1.165) is 17.2 Å². The first-order valence-corrected chi connectivity index (χ1v) is 6.80. The summed E-state index contributed by atoms with van der Waals surface area (Å²) in [5.41, 5.74) is 3.91. The van der Waals surface area contributed by atoms with Crippen LogP contribution in [0, 0.1) is 13.8 Å². The van der Waals surface area contributed by atoms with E-state index in [2.05, 4.69) is 15.4 Å². The number of amides is 1. The van der Waals surface area contributed by atoms with Crippen LogP contribution >= 0.6 is 0 Å². The van der Waals surface area contributed by atoms with Crippen LogP contribution < -0.4 is 5.32 Å². The molecule has 0 atom stereocenters. The van der Waals surface area contributed by atoms with E-state index in [1.165, 1.54) is 10.5 Å². The third-order valence-corrected chi connectivity index (χ3v) is 3.52. The lowest BCUT2D eigenvalue weighted by atomic mass is 10.2. The summed E-state index contributed by atoms with van der Waals surface area (Å²) in [5, 5.41) is 7.65. The van der Waals surface area contributed by atoms with Crippen molar-refractivity contribution < 1.29 is 4.79 Å². The summed E-state index contributed by atoms with van der Waals surface area (Å²) in [6, 6.07) is 3.60. The number of carbonyl (C=O) groups is 1. The van der Waals surface area contributed by atoms with E-state index in [0.29, 0.717) is 12.1 Å². The fourth-order valence-corrected chi connectivity index (χ4v) is 2.14. The molecule has 0 radical (unpaired) electrons. The lowest BCUT2D eigenvalue weighted by Crippen LogP contribution is -2.21. The average molecular weight is 287 g/mol. The Morgan fingerprint density at radius 3 is 2.52 bits per heavy atom. The number of aromatic nitrogens is 3. The van der Waals surface area contributed by atoms with Crippen LogP contribution in [0.2, 0.25) is 0 Å². The molecule has 2 aromatic rings. The van der Waals surface area contributed by atoms with Gasteiger partial charge in [0.1, 0.15) is 5.82 Å². The maximum Gasteiger partial charge on any atom is 0.254 e. The SMILES string of the molecule is Cc1nn(C)c(C)c1CNc1ccc(C(=O)N(C)C)cn1. The quantitative estimate of drug-likeness (QED) is 0.930. The van der Waals surface area contributed by atoms with Crippen LogP contribution in [0.25, 0.3) is 0 Å². The van der Waals surface area contributed by atoms with Crippen molar-refractivity contribution in [2.45, 2.75) is 20.4 Å². The lowest BCUT2D eigenvalue weighted by molar-refractivity contribution is 0.0827. The highest BCUT2D eigenvalue weighted by molar-refractivity contribution is 5.93. The standard InChI is InChI=1S/C15H21N5O/c1-10-13(11(2)20(5)18-10)9-17-14-7-6-12(8-16-14)15(21)19(3)4/h6-8H,9H2,1-5H3,(H,16,17). The molecule has 1 amide bonds. The van der Waals surface area contributed by atoms with E-state index in [4.69, 9.17) is 0 Å². The van der Waals surface area contributed by atoms with Crippen molar-refractivity contribution in [3.8, 4) is 0 Å². The Kier molecular flexibility index (Phi) is 4.26. The molecule has 112 valence electrons. The molecule has 6 heteroatoms. The van der Waals surface area contributed by atoms with Crippen molar-refractivity contribution in [1.29, 1.82) is 0 Å². The smallest absolute Gasteiger partial charge is 0.254 e. The average Bonchev–Trinajstić information content (AvgIpc) is 2.70. The maximum absolute atomic E-state index is 11.8. The lowest BCUT2D eigenvalue weighted by Gasteiger charge is -2.11. The summed E-state index contributed by atoms with van der Waals surface area (Å²) in [4.78, 5) is 17.6. The Hall–Kier alpha value is -2.37. The minimum absolute atomic E-state index is 0.0481. The third kappa shape index (κ3) is 3.21. The van der Waals surface area contributed by atoms with Gasteiger partial charge in [0, 0.05) is 45.1 Å². The third-order valence-electron chi connectivity index (χ3n) is 3.52. The van der Waals surface area contributed by atoms with Gasteiger partial charge >= 0.3 is 0 Å². The topological polar surface area (TPSA) is 63.1 Å². The fraction of sp³-hybridized carbons (Fsp3) is 0.400. The number of pyridine rings is 1. The molecule has 0 fully saturated rings. The van der Waals surface area contributed by atoms with Gasteiger partial charge in [-0.25, -0.2) is 4.98 Å². The molecular weight excluding hydrogens is 266 g/mol. The second-order valence-corrected chi connectivity index (χ2v) is 5.26. The number of nitrogens with one attached hydrogen (secondary N) is 1. The number of aryl methyl sites for hydroxylation is 2. The zero-order valence-electron chi connectivity index (χ0n) is 13.1. The van der Waals surface area contributed by atoms with Gasteiger partial charge in [-0.3, -0.25) is 9.48 Å². The summed E-state index contributed by atoms with van der Waals surface area (Å²) >= 11 is 0. The number of nitrogens with zero attached hydrogens (tertiary/aromatic N) is 4. The van der Waals surface area contributed by atoms with E-state index in [1.807, 2.05) is 31.6 Å². The number of hydrogen-bond acceptors (Lipinski definition) is 4.